The lowest BCUT2D eigenvalue weighted by molar-refractivity contribution is -0.136. The van der Waals surface area contributed by atoms with Gasteiger partial charge in [-0.3, -0.25) is 14.5 Å². The molecule has 1 aromatic carbocycles. The van der Waals surface area contributed by atoms with Crippen molar-refractivity contribution in [3.63, 3.8) is 0 Å². The second-order valence-electron chi connectivity index (χ2n) is 3.78. The molecule has 90 valence electrons. The van der Waals surface area contributed by atoms with Crippen LogP contribution in [0.3, 0.4) is 0 Å². The smallest absolute Gasteiger partial charge is 0.253 e. The van der Waals surface area contributed by atoms with Gasteiger partial charge in [-0.1, -0.05) is 12.1 Å². The second-order valence-corrected chi connectivity index (χ2v) is 3.78. The molecule has 1 aromatic rings. The van der Waals surface area contributed by atoms with Crippen molar-refractivity contribution in [2.45, 2.75) is 6.42 Å². The SMILES string of the molecule is O=C=Nc1ccc(CCN2C(=O)C=CC2=O)cc1. The van der Waals surface area contributed by atoms with Crippen molar-refractivity contribution < 1.29 is 14.4 Å². The van der Waals surface area contributed by atoms with Crippen molar-refractivity contribution in [1.82, 2.24) is 4.90 Å². The Morgan fingerprint density at radius 3 is 2.22 bits per heavy atom. The molecule has 0 atom stereocenters. The van der Waals surface area contributed by atoms with E-state index in [1.165, 1.54) is 23.1 Å². The van der Waals surface area contributed by atoms with Gasteiger partial charge in [0.2, 0.25) is 6.08 Å². The lowest BCUT2D eigenvalue weighted by atomic mass is 10.1. The summed E-state index contributed by atoms with van der Waals surface area (Å²) < 4.78 is 0. The molecule has 2 amide bonds. The zero-order chi connectivity index (χ0) is 13.0. The van der Waals surface area contributed by atoms with Crippen molar-refractivity contribution >= 4 is 23.6 Å². The van der Waals surface area contributed by atoms with Gasteiger partial charge in [-0.2, -0.15) is 4.99 Å². The molecule has 0 fully saturated rings. The summed E-state index contributed by atoms with van der Waals surface area (Å²) >= 11 is 0. The monoisotopic (exact) mass is 242 g/mol. The Labute approximate surface area is 103 Å². The van der Waals surface area contributed by atoms with E-state index in [9.17, 15) is 14.4 Å². The predicted octanol–water partition coefficient (Wildman–Crippen LogP) is 1.12. The Kier molecular flexibility index (Phi) is 3.46. The molecule has 18 heavy (non-hydrogen) atoms. The largest absolute Gasteiger partial charge is 0.275 e. The summed E-state index contributed by atoms with van der Waals surface area (Å²) in [5.41, 5.74) is 1.50. The number of carbonyl (C=O) groups is 2. The van der Waals surface area contributed by atoms with Gasteiger partial charge in [-0.25, -0.2) is 4.79 Å². The number of amides is 2. The molecule has 0 aliphatic carbocycles. The number of benzene rings is 1. The Bertz CT molecular complexity index is 536. The van der Waals surface area contributed by atoms with E-state index < -0.39 is 0 Å². The normalized spacial score (nSPS) is 13.9. The third-order valence-electron chi connectivity index (χ3n) is 2.64. The average molecular weight is 242 g/mol. The van der Waals surface area contributed by atoms with Gasteiger partial charge in [0.15, 0.2) is 0 Å². The maximum Gasteiger partial charge on any atom is 0.253 e. The first-order valence-electron chi connectivity index (χ1n) is 5.41. The summed E-state index contributed by atoms with van der Waals surface area (Å²) in [5.74, 6) is -0.552. The highest BCUT2D eigenvalue weighted by Crippen LogP contribution is 2.13. The Hall–Kier alpha value is -2.52. The van der Waals surface area contributed by atoms with Crippen LogP contribution in [0.15, 0.2) is 41.4 Å². The standard InChI is InChI=1S/C13H10N2O3/c16-9-14-11-3-1-10(2-4-11)7-8-15-12(17)5-6-13(15)18/h1-6H,7-8H2. The molecular formula is C13H10N2O3. The van der Waals surface area contributed by atoms with Crippen molar-refractivity contribution in [3.8, 4) is 0 Å². The highest BCUT2D eigenvalue weighted by atomic mass is 16.2. The van der Waals surface area contributed by atoms with Crippen molar-refractivity contribution in [1.29, 1.82) is 0 Å². The Morgan fingerprint density at radius 1 is 1.06 bits per heavy atom. The predicted molar refractivity (Wildman–Crippen MR) is 63.8 cm³/mol. The number of rotatable bonds is 4. The fraction of sp³-hybridized carbons (Fsp3) is 0.154. The maximum absolute atomic E-state index is 11.3. The highest BCUT2D eigenvalue weighted by molar-refractivity contribution is 6.12. The molecule has 0 radical (unpaired) electrons. The van der Waals surface area contributed by atoms with E-state index in [1.807, 2.05) is 0 Å². The van der Waals surface area contributed by atoms with Crippen molar-refractivity contribution in [2.75, 3.05) is 6.54 Å². The third kappa shape index (κ3) is 2.59. The lowest BCUT2D eigenvalue weighted by Gasteiger charge is -2.13. The van der Waals surface area contributed by atoms with Gasteiger partial charge in [0.25, 0.3) is 11.8 Å². The van der Waals surface area contributed by atoms with E-state index in [-0.39, 0.29) is 11.8 Å². The molecule has 1 heterocycles. The van der Waals surface area contributed by atoms with Crippen LogP contribution in [-0.4, -0.2) is 29.3 Å². The molecule has 1 aliphatic heterocycles. The first-order chi connectivity index (χ1) is 8.70. The van der Waals surface area contributed by atoms with Gasteiger partial charge in [0.05, 0.1) is 5.69 Å². The van der Waals surface area contributed by atoms with Crippen LogP contribution in [0.2, 0.25) is 0 Å². The number of nitrogens with zero attached hydrogens (tertiary/aromatic N) is 2. The number of carbonyl (C=O) groups excluding carboxylic acids is 3. The molecule has 0 saturated heterocycles. The zero-order valence-electron chi connectivity index (χ0n) is 9.50. The van der Waals surface area contributed by atoms with Crippen LogP contribution in [0.25, 0.3) is 0 Å². The van der Waals surface area contributed by atoms with Gasteiger partial charge in [0.1, 0.15) is 0 Å². The van der Waals surface area contributed by atoms with Gasteiger partial charge < -0.3 is 0 Å². The lowest BCUT2D eigenvalue weighted by Crippen LogP contribution is -2.31. The highest BCUT2D eigenvalue weighted by Gasteiger charge is 2.22. The van der Waals surface area contributed by atoms with Crippen LogP contribution in [0.4, 0.5) is 5.69 Å². The van der Waals surface area contributed by atoms with Crippen LogP contribution >= 0.6 is 0 Å². The minimum atomic E-state index is -0.276. The van der Waals surface area contributed by atoms with Crippen molar-refractivity contribution in [2.24, 2.45) is 4.99 Å². The summed E-state index contributed by atoms with van der Waals surface area (Å²) in [7, 11) is 0. The topological polar surface area (TPSA) is 66.8 Å². The van der Waals surface area contributed by atoms with E-state index in [1.54, 1.807) is 24.3 Å². The fourth-order valence-electron chi connectivity index (χ4n) is 1.68. The average Bonchev–Trinajstić information content (AvgIpc) is 2.69. The van der Waals surface area contributed by atoms with E-state index >= 15 is 0 Å². The Balaban J connectivity index is 1.96. The molecule has 1 aliphatic rings. The number of aliphatic imine (C=N–C) groups is 1. The van der Waals surface area contributed by atoms with Crippen LogP contribution in [0, 0.1) is 0 Å². The minimum Gasteiger partial charge on any atom is -0.275 e. The first-order valence-corrected chi connectivity index (χ1v) is 5.41. The number of isocyanates is 1. The molecule has 0 aromatic heterocycles. The van der Waals surface area contributed by atoms with Crippen molar-refractivity contribution in [3.05, 3.63) is 42.0 Å². The van der Waals surface area contributed by atoms with Crippen LogP contribution < -0.4 is 0 Å². The number of hydrogen-bond donors (Lipinski definition) is 0. The molecule has 2 rings (SSSR count). The molecule has 0 N–H and O–H groups in total. The van der Waals surface area contributed by atoms with Crippen LogP contribution in [0.5, 0.6) is 0 Å². The van der Waals surface area contributed by atoms with E-state index in [2.05, 4.69) is 4.99 Å². The van der Waals surface area contributed by atoms with Gasteiger partial charge in [-0.15, -0.1) is 0 Å². The van der Waals surface area contributed by atoms with Crippen LogP contribution in [-0.2, 0) is 20.8 Å². The van der Waals surface area contributed by atoms with Crippen LogP contribution in [0.1, 0.15) is 5.56 Å². The Morgan fingerprint density at radius 2 is 1.67 bits per heavy atom. The molecule has 0 unspecified atom stereocenters. The summed E-state index contributed by atoms with van der Waals surface area (Å²) in [6, 6.07) is 6.97. The first kappa shape index (κ1) is 12.0. The van der Waals surface area contributed by atoms with Gasteiger partial charge in [0, 0.05) is 18.7 Å². The second kappa shape index (κ2) is 5.21. The third-order valence-corrected chi connectivity index (χ3v) is 2.64. The summed E-state index contributed by atoms with van der Waals surface area (Å²) in [5, 5.41) is 0. The summed E-state index contributed by atoms with van der Waals surface area (Å²) in [6.07, 6.45) is 4.57. The maximum atomic E-state index is 11.3. The molecular weight excluding hydrogens is 232 g/mol. The van der Waals surface area contributed by atoms with Gasteiger partial charge >= 0.3 is 0 Å². The summed E-state index contributed by atoms with van der Waals surface area (Å²) in [6.45, 7) is 0.348. The van der Waals surface area contributed by atoms with E-state index in [0.29, 0.717) is 18.7 Å². The fourth-order valence-corrected chi connectivity index (χ4v) is 1.68. The van der Waals surface area contributed by atoms with E-state index in [4.69, 9.17) is 0 Å². The van der Waals surface area contributed by atoms with E-state index in [0.717, 1.165) is 5.56 Å². The zero-order valence-corrected chi connectivity index (χ0v) is 9.50. The molecule has 0 spiro atoms. The summed E-state index contributed by atoms with van der Waals surface area (Å²) in [4.78, 5) is 37.3. The molecule has 5 heteroatoms. The molecule has 0 saturated carbocycles. The molecule has 5 nitrogen and oxygen atoms in total. The quantitative estimate of drug-likeness (QED) is 0.451. The number of hydrogen-bond acceptors (Lipinski definition) is 4. The van der Waals surface area contributed by atoms with Gasteiger partial charge in [-0.05, 0) is 24.1 Å². The molecule has 0 bridgehead atoms. The minimum absolute atomic E-state index is 0.276. The number of imide groups is 1.